The van der Waals surface area contributed by atoms with E-state index in [0.29, 0.717) is 5.69 Å². The molecule has 6 heteroatoms. The molecule has 6 nitrogen and oxygen atoms in total. The molecule has 0 radical (unpaired) electrons. The first-order chi connectivity index (χ1) is 15.0. The predicted molar refractivity (Wildman–Crippen MR) is 117 cm³/mol. The van der Waals surface area contributed by atoms with Gasteiger partial charge in [-0.05, 0) is 55.3 Å². The number of carbonyl (C=O) groups is 2. The minimum atomic E-state index is -0.910. The Balaban J connectivity index is 1.59. The Morgan fingerprint density at radius 3 is 2.26 bits per heavy atom. The Morgan fingerprint density at radius 2 is 1.58 bits per heavy atom. The summed E-state index contributed by atoms with van der Waals surface area (Å²) in [6.07, 6.45) is -0.910. The van der Waals surface area contributed by atoms with Crippen LogP contribution in [0.5, 0.6) is 5.75 Å². The van der Waals surface area contributed by atoms with Crippen molar-refractivity contribution in [2.45, 2.75) is 26.0 Å². The van der Waals surface area contributed by atoms with Crippen LogP contribution < -0.4 is 9.96 Å². The van der Waals surface area contributed by atoms with Crippen molar-refractivity contribution in [1.29, 1.82) is 0 Å². The summed E-state index contributed by atoms with van der Waals surface area (Å²) >= 11 is 0. The zero-order valence-electron chi connectivity index (χ0n) is 17.2. The first-order valence-electron chi connectivity index (χ1n) is 10.2. The molecule has 0 aromatic heterocycles. The van der Waals surface area contributed by atoms with Gasteiger partial charge in [0, 0.05) is 0 Å². The number of aryl methyl sites for hydroxylation is 2. The molecule has 2 saturated heterocycles. The molecule has 2 amide bonds. The third kappa shape index (κ3) is 3.07. The van der Waals surface area contributed by atoms with E-state index in [0.717, 1.165) is 22.4 Å². The van der Waals surface area contributed by atoms with Crippen LogP contribution in [0.2, 0.25) is 0 Å². The summed E-state index contributed by atoms with van der Waals surface area (Å²) in [5.41, 5.74) is 4.07. The third-order valence-electron chi connectivity index (χ3n) is 5.95. The predicted octanol–water partition coefficient (Wildman–Crippen LogP) is 4.06. The van der Waals surface area contributed by atoms with Gasteiger partial charge in [0.15, 0.2) is 6.10 Å². The van der Waals surface area contributed by atoms with Crippen LogP contribution in [0.25, 0.3) is 0 Å². The number of hydrogen-bond donors (Lipinski definition) is 1. The number of nitrogens with zero attached hydrogens (tertiary/aromatic N) is 2. The fourth-order valence-corrected chi connectivity index (χ4v) is 4.52. The summed E-state index contributed by atoms with van der Waals surface area (Å²) in [4.78, 5) is 34.4. The molecule has 3 aromatic rings. The number of imide groups is 1. The molecule has 2 aliphatic heterocycles. The number of para-hydroxylation sites is 1. The van der Waals surface area contributed by atoms with E-state index in [2.05, 4.69) is 0 Å². The average Bonchev–Trinajstić information content (AvgIpc) is 3.26. The second kappa shape index (κ2) is 7.25. The number of phenols is 1. The average molecular weight is 414 g/mol. The van der Waals surface area contributed by atoms with Crippen LogP contribution in [0, 0.1) is 19.8 Å². The van der Waals surface area contributed by atoms with Gasteiger partial charge in [-0.1, -0.05) is 48.0 Å². The van der Waals surface area contributed by atoms with Gasteiger partial charge >= 0.3 is 0 Å². The number of fused-ring (bicyclic) bond motifs is 1. The topological polar surface area (TPSA) is 70.1 Å². The molecule has 3 atom stereocenters. The first-order valence-corrected chi connectivity index (χ1v) is 10.2. The summed E-state index contributed by atoms with van der Waals surface area (Å²) in [5.74, 6) is -1.20. The van der Waals surface area contributed by atoms with Crippen molar-refractivity contribution >= 4 is 23.2 Å². The highest BCUT2D eigenvalue weighted by molar-refractivity contribution is 6.24. The summed E-state index contributed by atoms with van der Waals surface area (Å²) < 4.78 is 0. The molecule has 0 bridgehead atoms. The van der Waals surface area contributed by atoms with Gasteiger partial charge in [-0.25, -0.2) is 9.96 Å². The minimum Gasteiger partial charge on any atom is -0.508 e. The maximum absolute atomic E-state index is 13.6. The molecule has 0 aliphatic carbocycles. The van der Waals surface area contributed by atoms with Crippen molar-refractivity contribution in [2.75, 3.05) is 9.96 Å². The van der Waals surface area contributed by atoms with E-state index in [9.17, 15) is 14.7 Å². The highest BCUT2D eigenvalue weighted by Gasteiger charge is 2.60. The van der Waals surface area contributed by atoms with Gasteiger partial charge in [0.1, 0.15) is 11.7 Å². The van der Waals surface area contributed by atoms with Gasteiger partial charge in [0.2, 0.25) is 5.91 Å². The number of rotatable bonds is 3. The van der Waals surface area contributed by atoms with Gasteiger partial charge in [-0.2, -0.15) is 0 Å². The SMILES string of the molecule is Cc1ccc(N2C(=O)[C@@H]3[C@@H](c4ccc(O)cc4)N(c4ccccc4)O[C@H]3C2=O)c(C)c1. The van der Waals surface area contributed by atoms with Crippen LogP contribution in [-0.2, 0) is 14.4 Å². The molecular weight excluding hydrogens is 392 g/mol. The lowest BCUT2D eigenvalue weighted by Gasteiger charge is -2.29. The van der Waals surface area contributed by atoms with Crippen molar-refractivity contribution in [2.24, 2.45) is 5.92 Å². The number of phenolic OH excluding ortho intramolecular Hbond substituents is 1. The van der Waals surface area contributed by atoms with Crippen molar-refractivity contribution < 1.29 is 19.5 Å². The molecule has 0 spiro atoms. The maximum Gasteiger partial charge on any atom is 0.266 e. The number of amides is 2. The van der Waals surface area contributed by atoms with Crippen LogP contribution in [0.4, 0.5) is 11.4 Å². The molecule has 156 valence electrons. The smallest absolute Gasteiger partial charge is 0.266 e. The zero-order valence-corrected chi connectivity index (χ0v) is 17.2. The van der Waals surface area contributed by atoms with E-state index in [-0.39, 0.29) is 17.6 Å². The molecule has 2 aliphatic rings. The molecule has 3 aromatic carbocycles. The number of hydroxylamine groups is 1. The second-order valence-electron chi connectivity index (χ2n) is 8.05. The van der Waals surface area contributed by atoms with Gasteiger partial charge < -0.3 is 5.11 Å². The normalized spacial score (nSPS) is 22.8. The molecule has 0 unspecified atom stereocenters. The largest absolute Gasteiger partial charge is 0.508 e. The van der Waals surface area contributed by atoms with Gasteiger partial charge in [0.05, 0.1) is 17.4 Å². The molecule has 1 N–H and O–H groups in total. The van der Waals surface area contributed by atoms with Gasteiger partial charge in [0.25, 0.3) is 5.91 Å². The van der Waals surface area contributed by atoms with Crippen LogP contribution in [0.15, 0.2) is 72.8 Å². The third-order valence-corrected chi connectivity index (χ3v) is 5.95. The molecular formula is C25H22N2O4. The highest BCUT2D eigenvalue weighted by atomic mass is 16.7. The highest BCUT2D eigenvalue weighted by Crippen LogP contribution is 2.48. The lowest BCUT2D eigenvalue weighted by molar-refractivity contribution is -0.126. The summed E-state index contributed by atoms with van der Waals surface area (Å²) in [6.45, 7) is 3.87. The van der Waals surface area contributed by atoms with E-state index in [1.807, 2.05) is 62.4 Å². The minimum absolute atomic E-state index is 0.135. The molecule has 2 fully saturated rings. The zero-order chi connectivity index (χ0) is 21.7. The van der Waals surface area contributed by atoms with Gasteiger partial charge in [-0.3, -0.25) is 14.4 Å². The number of aromatic hydroxyl groups is 1. The molecule has 0 saturated carbocycles. The van der Waals surface area contributed by atoms with E-state index < -0.39 is 18.1 Å². The standard InChI is InChI=1S/C25H22N2O4/c1-15-8-13-20(16(2)14-15)26-24(29)21-22(17-9-11-19(28)12-10-17)27(31-23(21)25(26)30)18-6-4-3-5-7-18/h3-14,21-23,28H,1-2H3/t21-,22-,23-/m1/s1. The Morgan fingerprint density at radius 1 is 0.871 bits per heavy atom. The van der Waals surface area contributed by atoms with E-state index >= 15 is 0 Å². The van der Waals surface area contributed by atoms with E-state index in [1.54, 1.807) is 29.3 Å². The Bertz CT molecular complexity index is 1160. The Labute approximate surface area is 180 Å². The lowest BCUT2D eigenvalue weighted by atomic mass is 9.90. The Kier molecular flexibility index (Phi) is 4.52. The summed E-state index contributed by atoms with van der Waals surface area (Å²) in [7, 11) is 0. The molecule has 31 heavy (non-hydrogen) atoms. The van der Waals surface area contributed by atoms with Crippen molar-refractivity contribution in [1.82, 2.24) is 0 Å². The second-order valence-corrected chi connectivity index (χ2v) is 8.05. The lowest BCUT2D eigenvalue weighted by Crippen LogP contribution is -2.37. The van der Waals surface area contributed by atoms with Crippen molar-refractivity contribution in [3.05, 3.63) is 89.5 Å². The number of benzene rings is 3. The number of carbonyl (C=O) groups excluding carboxylic acids is 2. The van der Waals surface area contributed by atoms with Crippen LogP contribution in [-0.4, -0.2) is 23.0 Å². The van der Waals surface area contributed by atoms with Gasteiger partial charge in [-0.15, -0.1) is 0 Å². The maximum atomic E-state index is 13.6. The van der Waals surface area contributed by atoms with E-state index in [1.165, 1.54) is 4.90 Å². The fourth-order valence-electron chi connectivity index (χ4n) is 4.52. The Hall–Kier alpha value is -3.64. The van der Waals surface area contributed by atoms with Crippen LogP contribution in [0.3, 0.4) is 0 Å². The van der Waals surface area contributed by atoms with Crippen LogP contribution >= 0.6 is 0 Å². The first kappa shape index (κ1) is 19.3. The number of anilines is 2. The van der Waals surface area contributed by atoms with Crippen molar-refractivity contribution in [3.8, 4) is 5.75 Å². The molecule has 5 rings (SSSR count). The molecule has 2 heterocycles. The summed E-state index contributed by atoms with van der Waals surface area (Å²) in [6, 6.07) is 21.3. The summed E-state index contributed by atoms with van der Waals surface area (Å²) in [5, 5.41) is 11.4. The van der Waals surface area contributed by atoms with E-state index in [4.69, 9.17) is 4.84 Å². The fraction of sp³-hybridized carbons (Fsp3) is 0.200. The van der Waals surface area contributed by atoms with Crippen molar-refractivity contribution in [3.63, 3.8) is 0 Å². The number of hydrogen-bond acceptors (Lipinski definition) is 5. The monoisotopic (exact) mass is 414 g/mol. The quantitative estimate of drug-likeness (QED) is 0.655. The van der Waals surface area contributed by atoms with Crippen LogP contribution in [0.1, 0.15) is 22.7 Å².